The van der Waals surface area contributed by atoms with Gasteiger partial charge < -0.3 is 10.6 Å². The molecule has 5 nitrogen and oxygen atoms in total. The first-order chi connectivity index (χ1) is 8.55. The Morgan fingerprint density at radius 3 is 1.42 bits per heavy atom. The lowest BCUT2D eigenvalue weighted by atomic mass is 10.6. The molecule has 0 spiro atoms. The fourth-order valence-electron chi connectivity index (χ4n) is 0.867. The summed E-state index contributed by atoms with van der Waals surface area (Å²) in [6.07, 6.45) is -10.7. The zero-order valence-electron chi connectivity index (χ0n) is 8.90. The number of anilines is 2. The molecule has 1 aromatic heterocycles. The van der Waals surface area contributed by atoms with Gasteiger partial charge >= 0.3 is 18.4 Å². The molecule has 1 heterocycles. The lowest BCUT2D eigenvalue weighted by Crippen LogP contribution is -2.25. The number of alkyl halides is 6. The number of halogens is 7. The molecule has 0 aliphatic rings. The molecule has 0 unspecified atom stereocenters. The molecule has 1 rings (SSSR count). The molecule has 12 heteroatoms. The Labute approximate surface area is 101 Å². The normalized spacial score (nSPS) is 12.4. The van der Waals surface area contributed by atoms with Crippen LogP contribution in [0.2, 0.25) is 0 Å². The number of nitrogens with one attached hydrogen (secondary N) is 2. The second-order valence-corrected chi connectivity index (χ2v) is 3.19. The molecular weight excluding hydrogens is 287 g/mol. The fourth-order valence-corrected chi connectivity index (χ4v) is 0.867. The monoisotopic (exact) mass is 293 g/mol. The minimum absolute atomic E-state index is 0.825. The highest BCUT2D eigenvalue weighted by Gasteiger charge is 2.28. The summed E-state index contributed by atoms with van der Waals surface area (Å²) in [5.41, 5.74) is 0. The number of aromatic nitrogens is 3. The highest BCUT2D eigenvalue weighted by atomic mass is 19.4. The van der Waals surface area contributed by atoms with Gasteiger partial charge in [0.25, 0.3) is 0 Å². The van der Waals surface area contributed by atoms with Crippen LogP contribution in [0.5, 0.6) is 0 Å². The van der Waals surface area contributed by atoms with Gasteiger partial charge in [-0.1, -0.05) is 0 Å². The van der Waals surface area contributed by atoms with Crippen molar-refractivity contribution in [2.75, 3.05) is 23.7 Å². The average molecular weight is 293 g/mol. The van der Waals surface area contributed by atoms with Crippen LogP contribution in [0.15, 0.2) is 0 Å². The quantitative estimate of drug-likeness (QED) is 0.831. The number of hydrogen-bond donors (Lipinski definition) is 2. The maximum Gasteiger partial charge on any atom is 0.405 e. The van der Waals surface area contributed by atoms with E-state index in [2.05, 4.69) is 15.0 Å². The summed E-state index contributed by atoms with van der Waals surface area (Å²) < 4.78 is 83.9. The van der Waals surface area contributed by atoms with Crippen molar-refractivity contribution < 1.29 is 30.7 Å². The van der Waals surface area contributed by atoms with Crippen molar-refractivity contribution in [3.63, 3.8) is 0 Å². The zero-order chi connectivity index (χ0) is 14.7. The smallest absolute Gasteiger partial charge is 0.345 e. The molecule has 0 saturated carbocycles. The van der Waals surface area contributed by atoms with Crippen LogP contribution >= 0.6 is 0 Å². The van der Waals surface area contributed by atoms with Gasteiger partial charge in [-0.2, -0.15) is 45.7 Å². The summed E-state index contributed by atoms with van der Waals surface area (Å²) in [5, 5.41) is 3.23. The molecule has 0 bridgehead atoms. The van der Waals surface area contributed by atoms with Crippen molar-refractivity contribution in [1.29, 1.82) is 0 Å². The van der Waals surface area contributed by atoms with E-state index < -0.39 is 43.4 Å². The summed E-state index contributed by atoms with van der Waals surface area (Å²) >= 11 is 0. The van der Waals surface area contributed by atoms with E-state index in [1.165, 1.54) is 0 Å². The fraction of sp³-hybridized carbons (Fsp3) is 0.571. The average Bonchev–Trinajstić information content (AvgIpc) is 2.21. The molecule has 0 aromatic carbocycles. The second kappa shape index (κ2) is 5.40. The SMILES string of the molecule is Fc1nc(NCC(F)(F)F)nc(NCC(F)(F)F)n1. The van der Waals surface area contributed by atoms with E-state index in [4.69, 9.17) is 0 Å². The maximum absolute atomic E-state index is 12.8. The van der Waals surface area contributed by atoms with Gasteiger partial charge in [0.2, 0.25) is 11.9 Å². The second-order valence-electron chi connectivity index (χ2n) is 3.19. The summed E-state index contributed by atoms with van der Waals surface area (Å²) in [5.74, 6) is -1.65. The van der Waals surface area contributed by atoms with E-state index in [-0.39, 0.29) is 0 Å². The van der Waals surface area contributed by atoms with E-state index in [1.54, 1.807) is 10.6 Å². The van der Waals surface area contributed by atoms with Crippen molar-refractivity contribution in [3.8, 4) is 0 Å². The minimum atomic E-state index is -4.61. The molecule has 0 aliphatic heterocycles. The number of nitrogens with zero attached hydrogens (tertiary/aromatic N) is 3. The summed E-state index contributed by atoms with van der Waals surface area (Å²) in [7, 11) is 0. The third kappa shape index (κ3) is 6.57. The Kier molecular flexibility index (Phi) is 4.32. The predicted octanol–water partition coefficient (Wildman–Crippen LogP) is 1.96. The van der Waals surface area contributed by atoms with E-state index >= 15 is 0 Å². The standard InChI is InChI=1S/C7H6F7N5/c8-3-17-4(15-1-6(9,10)11)19-5(18-3)16-2-7(12,13)14/h1-2H2,(H2,15,16,17,18,19). The Hall–Kier alpha value is -1.88. The van der Waals surface area contributed by atoms with E-state index in [1.807, 2.05) is 0 Å². The Morgan fingerprint density at radius 1 is 0.737 bits per heavy atom. The van der Waals surface area contributed by atoms with Crippen LogP contribution < -0.4 is 10.6 Å². The molecule has 0 fully saturated rings. The van der Waals surface area contributed by atoms with Gasteiger partial charge in [0.05, 0.1) is 0 Å². The summed E-state index contributed by atoms with van der Waals surface area (Å²) in [4.78, 5) is 8.88. The van der Waals surface area contributed by atoms with Gasteiger partial charge in [-0.15, -0.1) is 0 Å². The first kappa shape index (κ1) is 15.2. The highest BCUT2D eigenvalue weighted by Crippen LogP contribution is 2.17. The molecule has 2 N–H and O–H groups in total. The van der Waals surface area contributed by atoms with Crippen LogP contribution in [0.1, 0.15) is 0 Å². The Balaban J connectivity index is 2.71. The number of hydrogen-bond acceptors (Lipinski definition) is 5. The first-order valence-electron chi connectivity index (χ1n) is 4.58. The van der Waals surface area contributed by atoms with Crippen molar-refractivity contribution >= 4 is 11.9 Å². The maximum atomic E-state index is 12.8. The molecule has 1 aromatic rings. The molecule has 0 aliphatic carbocycles. The van der Waals surface area contributed by atoms with Gasteiger partial charge in [0.15, 0.2) is 0 Å². The van der Waals surface area contributed by atoms with Crippen LogP contribution in [-0.4, -0.2) is 40.4 Å². The Bertz CT molecular complexity index is 393. The van der Waals surface area contributed by atoms with E-state index in [0.717, 1.165) is 0 Å². The number of rotatable bonds is 4. The van der Waals surface area contributed by atoms with Crippen LogP contribution in [0, 0.1) is 6.08 Å². The molecule has 0 amide bonds. The van der Waals surface area contributed by atoms with Crippen molar-refractivity contribution in [2.24, 2.45) is 0 Å². The van der Waals surface area contributed by atoms with Gasteiger partial charge in [-0.25, -0.2) is 0 Å². The molecule has 0 atom stereocenters. The molecule has 0 radical (unpaired) electrons. The Morgan fingerprint density at radius 2 is 1.11 bits per heavy atom. The van der Waals surface area contributed by atoms with Crippen LogP contribution in [0.4, 0.5) is 42.6 Å². The highest BCUT2D eigenvalue weighted by molar-refractivity contribution is 5.33. The molecular formula is C7H6F7N5. The van der Waals surface area contributed by atoms with Crippen LogP contribution in [0.3, 0.4) is 0 Å². The largest absolute Gasteiger partial charge is 0.405 e. The summed E-state index contributed by atoms with van der Waals surface area (Å²) in [6.45, 7) is -3.12. The zero-order valence-corrected chi connectivity index (χ0v) is 8.90. The molecule has 108 valence electrons. The third-order valence-corrected chi connectivity index (χ3v) is 1.50. The topological polar surface area (TPSA) is 62.7 Å². The predicted molar refractivity (Wildman–Crippen MR) is 48.9 cm³/mol. The van der Waals surface area contributed by atoms with Crippen molar-refractivity contribution in [1.82, 2.24) is 15.0 Å². The van der Waals surface area contributed by atoms with Gasteiger partial charge in [0.1, 0.15) is 13.1 Å². The summed E-state index contributed by atoms with van der Waals surface area (Å²) in [6, 6.07) is 0. The lowest BCUT2D eigenvalue weighted by molar-refractivity contribution is -0.115. The van der Waals surface area contributed by atoms with Gasteiger partial charge in [-0.05, 0) is 0 Å². The molecule has 0 saturated heterocycles. The van der Waals surface area contributed by atoms with Crippen LogP contribution in [-0.2, 0) is 0 Å². The van der Waals surface area contributed by atoms with Gasteiger partial charge in [0, 0.05) is 0 Å². The lowest BCUT2D eigenvalue weighted by Gasteiger charge is -2.10. The molecule has 19 heavy (non-hydrogen) atoms. The van der Waals surface area contributed by atoms with Crippen molar-refractivity contribution in [3.05, 3.63) is 6.08 Å². The first-order valence-corrected chi connectivity index (χ1v) is 4.58. The van der Waals surface area contributed by atoms with Crippen molar-refractivity contribution in [2.45, 2.75) is 12.4 Å². The van der Waals surface area contributed by atoms with E-state index in [9.17, 15) is 30.7 Å². The van der Waals surface area contributed by atoms with E-state index in [0.29, 0.717) is 0 Å². The minimum Gasteiger partial charge on any atom is -0.345 e. The van der Waals surface area contributed by atoms with Gasteiger partial charge in [-0.3, -0.25) is 0 Å². The third-order valence-electron chi connectivity index (χ3n) is 1.50. The van der Waals surface area contributed by atoms with Crippen LogP contribution in [0.25, 0.3) is 0 Å².